The summed E-state index contributed by atoms with van der Waals surface area (Å²) in [7, 11) is 3.55. The zero-order chi connectivity index (χ0) is 14.9. The molecule has 1 amide bonds. The van der Waals surface area contributed by atoms with Gasteiger partial charge >= 0.3 is 5.63 Å². The van der Waals surface area contributed by atoms with E-state index in [1.165, 1.54) is 12.1 Å². The third-order valence-electron chi connectivity index (χ3n) is 2.87. The smallest absolute Gasteiger partial charge is 0.338 e. The molecular weight excluding hydrogens is 260 g/mol. The van der Waals surface area contributed by atoms with E-state index >= 15 is 0 Å². The number of carbonyl (C=O) groups excluding carboxylic acids is 1. The Morgan fingerprint density at radius 1 is 1.40 bits per heavy atom. The van der Waals surface area contributed by atoms with Crippen LogP contribution in [-0.4, -0.2) is 36.6 Å². The van der Waals surface area contributed by atoms with Gasteiger partial charge in [-0.25, -0.2) is 4.79 Å². The fourth-order valence-electron chi connectivity index (χ4n) is 1.93. The molecule has 106 valence electrons. The van der Waals surface area contributed by atoms with Gasteiger partial charge < -0.3 is 19.7 Å². The van der Waals surface area contributed by atoms with Gasteiger partial charge in [0.1, 0.15) is 11.3 Å². The lowest BCUT2D eigenvalue weighted by atomic mass is 10.1. The van der Waals surface area contributed by atoms with Gasteiger partial charge in [-0.05, 0) is 33.2 Å². The monoisotopic (exact) mass is 276 g/mol. The van der Waals surface area contributed by atoms with Gasteiger partial charge in [0.25, 0.3) is 0 Å². The number of benzene rings is 1. The number of carbonyl (C=O) groups is 1. The number of aromatic hydroxyl groups is 1. The second-order valence-electron chi connectivity index (χ2n) is 4.85. The highest BCUT2D eigenvalue weighted by Crippen LogP contribution is 2.29. The number of nitrogens with one attached hydrogen (secondary N) is 1. The molecule has 0 bridgehead atoms. The summed E-state index contributed by atoms with van der Waals surface area (Å²) in [5, 5.41) is 12.9. The number of hydrogen-bond donors (Lipinski definition) is 2. The molecule has 0 fully saturated rings. The third kappa shape index (κ3) is 2.80. The maximum absolute atomic E-state index is 11.8. The lowest BCUT2D eigenvalue weighted by molar-refractivity contribution is -0.116. The summed E-state index contributed by atoms with van der Waals surface area (Å²) < 4.78 is 5.10. The van der Waals surface area contributed by atoms with E-state index in [1.807, 2.05) is 0 Å². The molecule has 0 atom stereocenters. The second kappa shape index (κ2) is 5.34. The van der Waals surface area contributed by atoms with Crippen molar-refractivity contribution in [3.63, 3.8) is 0 Å². The van der Waals surface area contributed by atoms with Crippen LogP contribution in [0.1, 0.15) is 5.56 Å². The molecule has 0 aliphatic carbocycles. The molecule has 0 saturated carbocycles. The molecule has 0 aliphatic heterocycles. The molecule has 6 nitrogen and oxygen atoms in total. The molecule has 1 heterocycles. The number of fused-ring (bicyclic) bond motifs is 1. The van der Waals surface area contributed by atoms with Crippen molar-refractivity contribution in [1.29, 1.82) is 0 Å². The number of nitrogens with zero attached hydrogens (tertiary/aromatic N) is 1. The Morgan fingerprint density at radius 3 is 2.75 bits per heavy atom. The SMILES string of the molecule is Cc1c(O)ccc2c(NC(=O)CN(C)C)cc(=O)oc12. The van der Waals surface area contributed by atoms with Crippen molar-refractivity contribution in [2.75, 3.05) is 26.0 Å². The Morgan fingerprint density at radius 2 is 2.10 bits per heavy atom. The highest BCUT2D eigenvalue weighted by atomic mass is 16.4. The first-order chi connectivity index (χ1) is 9.38. The van der Waals surface area contributed by atoms with Gasteiger partial charge in [-0.1, -0.05) is 0 Å². The van der Waals surface area contributed by atoms with E-state index in [-0.39, 0.29) is 23.8 Å². The first-order valence-electron chi connectivity index (χ1n) is 6.09. The predicted octanol–water partition coefficient (Wildman–Crippen LogP) is 1.31. The third-order valence-corrected chi connectivity index (χ3v) is 2.87. The number of amides is 1. The van der Waals surface area contributed by atoms with Crippen LogP contribution < -0.4 is 10.9 Å². The Kier molecular flexibility index (Phi) is 3.76. The molecule has 0 unspecified atom stereocenters. The Labute approximate surface area is 115 Å². The molecule has 2 aromatic rings. The summed E-state index contributed by atoms with van der Waals surface area (Å²) in [6.07, 6.45) is 0. The first-order valence-corrected chi connectivity index (χ1v) is 6.09. The number of likely N-dealkylation sites (N-methyl/N-ethyl adjacent to an activating group) is 1. The molecule has 1 aromatic heterocycles. The van der Waals surface area contributed by atoms with Gasteiger partial charge in [0.2, 0.25) is 5.91 Å². The number of phenols is 1. The fourth-order valence-corrected chi connectivity index (χ4v) is 1.93. The maximum atomic E-state index is 11.8. The second-order valence-corrected chi connectivity index (χ2v) is 4.85. The van der Waals surface area contributed by atoms with E-state index in [9.17, 15) is 14.7 Å². The molecule has 2 rings (SSSR count). The van der Waals surface area contributed by atoms with Crippen molar-refractivity contribution in [2.24, 2.45) is 0 Å². The highest BCUT2D eigenvalue weighted by molar-refractivity contribution is 6.01. The molecule has 0 saturated heterocycles. The quantitative estimate of drug-likeness (QED) is 0.826. The summed E-state index contributed by atoms with van der Waals surface area (Å²) in [4.78, 5) is 25.1. The lowest BCUT2D eigenvalue weighted by Gasteiger charge is -2.12. The van der Waals surface area contributed by atoms with Gasteiger partial charge in [-0.15, -0.1) is 0 Å². The zero-order valence-electron chi connectivity index (χ0n) is 11.6. The number of aryl methyl sites for hydroxylation is 1. The fraction of sp³-hybridized carbons (Fsp3) is 0.286. The molecule has 0 spiro atoms. The van der Waals surface area contributed by atoms with E-state index < -0.39 is 5.63 Å². The lowest BCUT2D eigenvalue weighted by Crippen LogP contribution is -2.27. The van der Waals surface area contributed by atoms with E-state index in [2.05, 4.69) is 5.32 Å². The normalized spacial score (nSPS) is 11.0. The van der Waals surface area contributed by atoms with Crippen LogP contribution in [0.25, 0.3) is 11.0 Å². The van der Waals surface area contributed by atoms with E-state index in [1.54, 1.807) is 32.0 Å². The topological polar surface area (TPSA) is 82.8 Å². The van der Waals surface area contributed by atoms with Crippen LogP contribution in [0.2, 0.25) is 0 Å². The van der Waals surface area contributed by atoms with Crippen LogP contribution in [0.3, 0.4) is 0 Å². The Balaban J connectivity index is 2.51. The van der Waals surface area contributed by atoms with Crippen LogP contribution in [0.5, 0.6) is 5.75 Å². The minimum atomic E-state index is -0.577. The number of rotatable bonds is 3. The van der Waals surface area contributed by atoms with Crippen molar-refractivity contribution < 1.29 is 14.3 Å². The van der Waals surface area contributed by atoms with Crippen molar-refractivity contribution in [2.45, 2.75) is 6.92 Å². The van der Waals surface area contributed by atoms with Gasteiger partial charge in [-0.3, -0.25) is 4.79 Å². The largest absolute Gasteiger partial charge is 0.508 e. The van der Waals surface area contributed by atoms with Gasteiger partial charge in [0.05, 0.1) is 12.2 Å². The molecule has 1 aromatic carbocycles. The summed E-state index contributed by atoms with van der Waals surface area (Å²) in [6.45, 7) is 1.85. The van der Waals surface area contributed by atoms with E-state index in [4.69, 9.17) is 4.42 Å². The molecule has 20 heavy (non-hydrogen) atoms. The summed E-state index contributed by atoms with van der Waals surface area (Å²) in [5.74, 6) is -0.190. The van der Waals surface area contributed by atoms with Crippen molar-refractivity contribution in [1.82, 2.24) is 4.90 Å². The van der Waals surface area contributed by atoms with E-state index in [0.717, 1.165) is 0 Å². The summed E-state index contributed by atoms with van der Waals surface area (Å²) in [5.41, 5.74) is 0.540. The van der Waals surface area contributed by atoms with Crippen LogP contribution in [0, 0.1) is 6.92 Å². The minimum absolute atomic E-state index is 0.0393. The summed E-state index contributed by atoms with van der Waals surface area (Å²) >= 11 is 0. The van der Waals surface area contributed by atoms with Crippen molar-refractivity contribution in [3.8, 4) is 5.75 Å². The number of anilines is 1. The van der Waals surface area contributed by atoms with Crippen LogP contribution in [0.15, 0.2) is 27.4 Å². The van der Waals surface area contributed by atoms with Crippen LogP contribution in [-0.2, 0) is 4.79 Å². The Bertz CT molecular complexity index is 719. The minimum Gasteiger partial charge on any atom is -0.508 e. The van der Waals surface area contributed by atoms with Crippen molar-refractivity contribution in [3.05, 3.63) is 34.2 Å². The average molecular weight is 276 g/mol. The summed E-state index contributed by atoms with van der Waals surface area (Å²) in [6, 6.07) is 4.33. The first kappa shape index (κ1) is 14.1. The standard InChI is InChI=1S/C14H16N2O4/c1-8-11(17)5-4-9-10(6-13(19)20-14(8)9)15-12(18)7-16(2)3/h4-6,17H,7H2,1-3H3,(H,15,18). The average Bonchev–Trinajstić information content (AvgIpc) is 2.33. The molecule has 2 N–H and O–H groups in total. The molecule has 0 radical (unpaired) electrons. The van der Waals surface area contributed by atoms with Gasteiger partial charge in [0.15, 0.2) is 0 Å². The molecular formula is C14H16N2O4. The van der Waals surface area contributed by atoms with Gasteiger partial charge in [-0.2, -0.15) is 0 Å². The number of hydrogen-bond acceptors (Lipinski definition) is 5. The Hall–Kier alpha value is -2.34. The maximum Gasteiger partial charge on any atom is 0.338 e. The molecule has 6 heteroatoms. The van der Waals surface area contributed by atoms with Crippen LogP contribution >= 0.6 is 0 Å². The predicted molar refractivity (Wildman–Crippen MR) is 76.1 cm³/mol. The van der Waals surface area contributed by atoms with Crippen LogP contribution in [0.4, 0.5) is 5.69 Å². The van der Waals surface area contributed by atoms with E-state index in [0.29, 0.717) is 16.6 Å². The zero-order valence-corrected chi connectivity index (χ0v) is 11.6. The van der Waals surface area contributed by atoms with Crippen molar-refractivity contribution >= 4 is 22.6 Å². The number of phenolic OH excluding ortho intramolecular Hbond substituents is 1. The van der Waals surface area contributed by atoms with Gasteiger partial charge in [0, 0.05) is 17.0 Å². The highest BCUT2D eigenvalue weighted by Gasteiger charge is 2.12. The molecule has 0 aliphatic rings.